The number of ether oxygens (including phenoxy) is 1. The van der Waals surface area contributed by atoms with Crippen molar-refractivity contribution in [1.82, 2.24) is 4.90 Å². The van der Waals surface area contributed by atoms with Crippen LogP contribution in [0.25, 0.3) is 0 Å². The van der Waals surface area contributed by atoms with Crippen molar-refractivity contribution < 1.29 is 29.2 Å². The summed E-state index contributed by atoms with van der Waals surface area (Å²) in [7, 11) is 1.56. The fourth-order valence-corrected chi connectivity index (χ4v) is 5.81. The van der Waals surface area contributed by atoms with Gasteiger partial charge in [0, 0.05) is 23.4 Å². The van der Waals surface area contributed by atoms with Gasteiger partial charge in [-0.2, -0.15) is 0 Å². The second-order valence-corrected chi connectivity index (χ2v) is 9.40. The summed E-state index contributed by atoms with van der Waals surface area (Å²) in [6.07, 6.45) is 0.321. The number of amides is 4. The highest BCUT2D eigenvalue weighted by atomic mass is 35.5. The average Bonchev–Trinajstić information content (AvgIpc) is 3.39. The van der Waals surface area contributed by atoms with Crippen LogP contribution in [-0.4, -0.2) is 41.7 Å². The first-order valence-corrected chi connectivity index (χ1v) is 11.4. The molecule has 34 heavy (non-hydrogen) atoms. The van der Waals surface area contributed by atoms with E-state index < -0.39 is 35.2 Å². The summed E-state index contributed by atoms with van der Waals surface area (Å²) >= 11 is 6.25. The number of methoxy groups -OCH3 is 1. The Bertz CT molecular complexity index is 1220. The number of anilines is 1. The molecule has 0 aliphatic carbocycles. The Labute approximate surface area is 200 Å². The number of quaternary nitrogens is 1. The van der Waals surface area contributed by atoms with Gasteiger partial charge in [-0.1, -0.05) is 23.7 Å². The zero-order chi connectivity index (χ0) is 24.2. The zero-order valence-electron chi connectivity index (χ0n) is 18.4. The van der Waals surface area contributed by atoms with Gasteiger partial charge in [-0.05, 0) is 35.9 Å². The maximum absolute atomic E-state index is 13.8. The highest BCUT2D eigenvalue weighted by Crippen LogP contribution is 2.50. The van der Waals surface area contributed by atoms with Crippen LogP contribution in [0.2, 0.25) is 5.02 Å². The molecule has 5 rings (SSSR count). The molecule has 0 radical (unpaired) electrons. The van der Waals surface area contributed by atoms with Gasteiger partial charge in [0.05, 0.1) is 19.3 Å². The predicted molar refractivity (Wildman–Crippen MR) is 121 cm³/mol. The fraction of sp³-hybridized carbons (Fsp3) is 0.333. The number of hydrogen-bond donors (Lipinski definition) is 3. The van der Waals surface area contributed by atoms with Gasteiger partial charge < -0.3 is 21.1 Å². The van der Waals surface area contributed by atoms with Crippen LogP contribution in [0.3, 0.4) is 0 Å². The summed E-state index contributed by atoms with van der Waals surface area (Å²) in [6.45, 7) is 0.0807. The topological polar surface area (TPSA) is 135 Å². The van der Waals surface area contributed by atoms with E-state index in [1.807, 2.05) is 0 Å². The van der Waals surface area contributed by atoms with Crippen LogP contribution in [0, 0.1) is 11.8 Å². The Morgan fingerprint density at radius 1 is 1.18 bits per heavy atom. The molecule has 4 atom stereocenters. The number of hydrogen-bond acceptors (Lipinski definition) is 5. The molecular weight excluding hydrogens is 460 g/mol. The SMILES string of the molecule is COc1ccc(CN2C(=O)[C@H]3[C@H](CCC(N)=O)[NH2+][C@]4(C(=O)Nc5ccc(Cl)cc54)[C@@H]3C2=O)cc1. The lowest BCUT2D eigenvalue weighted by Gasteiger charge is -2.26. The van der Waals surface area contributed by atoms with Crippen molar-refractivity contribution in [3.63, 3.8) is 0 Å². The summed E-state index contributed by atoms with van der Waals surface area (Å²) < 4.78 is 5.18. The van der Waals surface area contributed by atoms with E-state index in [9.17, 15) is 19.2 Å². The molecule has 0 unspecified atom stereocenters. The minimum absolute atomic E-state index is 0.0461. The van der Waals surface area contributed by atoms with Gasteiger partial charge in [0.15, 0.2) is 0 Å². The molecule has 1 spiro atoms. The number of benzene rings is 2. The Morgan fingerprint density at radius 2 is 1.91 bits per heavy atom. The number of halogens is 1. The molecule has 3 aliphatic heterocycles. The number of likely N-dealkylation sites (tertiary alicyclic amines) is 1. The van der Waals surface area contributed by atoms with Gasteiger partial charge in [-0.25, -0.2) is 0 Å². The molecule has 2 saturated heterocycles. The van der Waals surface area contributed by atoms with E-state index in [-0.39, 0.29) is 31.2 Å². The third-order valence-electron chi connectivity index (χ3n) is 7.15. The second-order valence-electron chi connectivity index (χ2n) is 8.96. The van der Waals surface area contributed by atoms with E-state index in [0.29, 0.717) is 22.0 Å². The van der Waals surface area contributed by atoms with Gasteiger partial charge in [0.25, 0.3) is 5.91 Å². The van der Waals surface area contributed by atoms with Crippen LogP contribution in [0.4, 0.5) is 5.69 Å². The Balaban J connectivity index is 1.56. The van der Waals surface area contributed by atoms with Crippen LogP contribution in [0.1, 0.15) is 24.0 Å². The molecule has 3 heterocycles. The molecular formula is C24H24ClN4O5+. The van der Waals surface area contributed by atoms with E-state index in [1.165, 1.54) is 4.90 Å². The van der Waals surface area contributed by atoms with Gasteiger partial charge in [-0.3, -0.25) is 24.1 Å². The predicted octanol–water partition coefficient (Wildman–Crippen LogP) is 0.509. The van der Waals surface area contributed by atoms with Crippen LogP contribution in [0.5, 0.6) is 5.75 Å². The number of nitrogens with zero attached hydrogens (tertiary/aromatic N) is 1. The van der Waals surface area contributed by atoms with E-state index in [4.69, 9.17) is 22.1 Å². The van der Waals surface area contributed by atoms with Crippen molar-refractivity contribution in [3.05, 3.63) is 58.6 Å². The smallest absolute Gasteiger partial charge is 0.291 e. The lowest BCUT2D eigenvalue weighted by Crippen LogP contribution is -2.99. The Kier molecular flexibility index (Phi) is 5.33. The normalized spacial score (nSPS) is 27.2. The van der Waals surface area contributed by atoms with Crippen LogP contribution in [0.15, 0.2) is 42.5 Å². The maximum Gasteiger partial charge on any atom is 0.291 e. The van der Waals surface area contributed by atoms with Crippen molar-refractivity contribution >= 4 is 40.9 Å². The Morgan fingerprint density at radius 3 is 2.59 bits per heavy atom. The monoisotopic (exact) mass is 483 g/mol. The second kappa shape index (κ2) is 8.11. The van der Waals surface area contributed by atoms with Crippen LogP contribution < -0.4 is 21.1 Å². The maximum atomic E-state index is 13.8. The van der Waals surface area contributed by atoms with Gasteiger partial charge in [0.1, 0.15) is 23.6 Å². The minimum atomic E-state index is -1.34. The van der Waals surface area contributed by atoms with Crippen molar-refractivity contribution in [1.29, 1.82) is 0 Å². The van der Waals surface area contributed by atoms with Crippen molar-refractivity contribution in [2.24, 2.45) is 17.6 Å². The van der Waals surface area contributed by atoms with Crippen LogP contribution >= 0.6 is 11.6 Å². The average molecular weight is 484 g/mol. The first-order chi connectivity index (χ1) is 16.3. The molecule has 3 aliphatic rings. The van der Waals surface area contributed by atoms with Gasteiger partial charge in [0.2, 0.25) is 23.3 Å². The number of carbonyl (C=O) groups is 4. The van der Waals surface area contributed by atoms with Crippen molar-refractivity contribution in [2.45, 2.75) is 31.0 Å². The summed E-state index contributed by atoms with van der Waals surface area (Å²) in [5, 5.41) is 5.04. The molecule has 0 aromatic heterocycles. The highest BCUT2D eigenvalue weighted by Gasteiger charge is 2.74. The standard InChI is InChI=1S/C24H23ClN4O5/c1-34-14-5-2-12(3-6-14)11-29-21(31)19-17(8-9-18(26)30)28-24(20(19)22(29)32)15-10-13(25)4-7-16(15)27-23(24)33/h2-7,10,17,19-20,28H,8-9,11H2,1H3,(H2,26,30)(H,27,33)/p+1/t17-,19-,20-,24-/m0/s1. The quantitative estimate of drug-likeness (QED) is 0.514. The summed E-state index contributed by atoms with van der Waals surface area (Å²) in [6, 6.07) is 11.7. The van der Waals surface area contributed by atoms with E-state index in [1.54, 1.807) is 54.9 Å². The third-order valence-corrected chi connectivity index (χ3v) is 7.38. The first-order valence-electron chi connectivity index (χ1n) is 11.0. The minimum Gasteiger partial charge on any atom is -0.497 e. The van der Waals surface area contributed by atoms with E-state index in [2.05, 4.69) is 5.32 Å². The molecule has 0 saturated carbocycles. The highest BCUT2D eigenvalue weighted by molar-refractivity contribution is 6.31. The molecule has 2 aromatic carbocycles. The number of rotatable bonds is 6. The summed E-state index contributed by atoms with van der Waals surface area (Å²) in [5.41, 5.74) is 5.93. The molecule has 176 valence electrons. The molecule has 2 fully saturated rings. The summed E-state index contributed by atoms with van der Waals surface area (Å²) in [5.74, 6) is -2.65. The van der Waals surface area contributed by atoms with Gasteiger partial charge >= 0.3 is 0 Å². The Hall–Kier alpha value is -3.43. The van der Waals surface area contributed by atoms with Crippen molar-refractivity contribution in [3.8, 4) is 5.75 Å². The third kappa shape index (κ3) is 3.26. The molecule has 4 amide bonds. The number of primary amides is 1. The molecule has 0 bridgehead atoms. The summed E-state index contributed by atoms with van der Waals surface area (Å²) in [4.78, 5) is 53.5. The number of carbonyl (C=O) groups excluding carboxylic acids is 4. The molecule has 5 N–H and O–H groups in total. The number of imide groups is 1. The zero-order valence-corrected chi connectivity index (χ0v) is 19.2. The lowest BCUT2D eigenvalue weighted by atomic mass is 9.76. The van der Waals surface area contributed by atoms with Crippen LogP contribution in [-0.2, 0) is 31.3 Å². The fourth-order valence-electron chi connectivity index (χ4n) is 5.64. The van der Waals surface area contributed by atoms with Gasteiger partial charge in [-0.15, -0.1) is 0 Å². The largest absolute Gasteiger partial charge is 0.497 e. The molecule has 2 aromatic rings. The molecule has 9 nitrogen and oxygen atoms in total. The number of nitrogens with two attached hydrogens (primary N) is 2. The molecule has 10 heteroatoms. The number of nitrogens with one attached hydrogen (secondary N) is 1. The van der Waals surface area contributed by atoms with E-state index >= 15 is 0 Å². The number of fused-ring (bicyclic) bond motifs is 4. The lowest BCUT2D eigenvalue weighted by molar-refractivity contribution is -0.734. The first kappa shape index (κ1) is 22.4. The van der Waals surface area contributed by atoms with Crippen molar-refractivity contribution in [2.75, 3.05) is 12.4 Å². The van der Waals surface area contributed by atoms with E-state index in [0.717, 1.165) is 5.56 Å².